The largest absolute Gasteiger partial charge is 0.467 e. The van der Waals surface area contributed by atoms with Crippen LogP contribution < -0.4 is 0 Å². The Hall–Kier alpha value is -2.53. The number of esters is 4. The van der Waals surface area contributed by atoms with Crippen LogP contribution in [-0.2, 0) is 52.4 Å². The maximum Gasteiger partial charge on any atom is 0.339 e. The topological polar surface area (TPSA) is 141 Å². The van der Waals surface area contributed by atoms with E-state index < -0.39 is 54.6 Å². The Labute approximate surface area is 155 Å². The fourth-order valence-corrected chi connectivity index (χ4v) is 2.45. The van der Waals surface area contributed by atoms with Crippen molar-refractivity contribution in [3.8, 4) is 0 Å². The molecule has 1 saturated heterocycles. The van der Waals surface area contributed by atoms with Gasteiger partial charge in [-0.25, -0.2) is 4.79 Å². The molecule has 1 aliphatic rings. The van der Waals surface area contributed by atoms with Gasteiger partial charge in [0.05, 0.1) is 13.7 Å². The van der Waals surface area contributed by atoms with E-state index in [1.54, 1.807) is 0 Å². The molecule has 152 valence electrons. The van der Waals surface area contributed by atoms with Crippen LogP contribution in [0.2, 0.25) is 0 Å². The van der Waals surface area contributed by atoms with Crippen molar-refractivity contribution in [1.29, 1.82) is 0 Å². The van der Waals surface area contributed by atoms with E-state index in [1.165, 1.54) is 0 Å². The molecule has 0 spiro atoms. The van der Waals surface area contributed by atoms with Crippen molar-refractivity contribution < 1.29 is 52.4 Å². The highest BCUT2D eigenvalue weighted by molar-refractivity contribution is 5.77. The second-order valence-corrected chi connectivity index (χ2v) is 5.50. The van der Waals surface area contributed by atoms with Gasteiger partial charge < -0.3 is 33.2 Å². The van der Waals surface area contributed by atoms with Gasteiger partial charge in [-0.15, -0.1) is 0 Å². The highest BCUT2D eigenvalue weighted by atomic mass is 16.7. The minimum Gasteiger partial charge on any atom is -0.467 e. The molecular weight excluding hydrogens is 368 g/mol. The van der Waals surface area contributed by atoms with Crippen LogP contribution in [0.1, 0.15) is 27.2 Å². The van der Waals surface area contributed by atoms with Crippen LogP contribution in [0.3, 0.4) is 0 Å². The Morgan fingerprint density at radius 1 is 0.889 bits per heavy atom. The minimum absolute atomic E-state index is 0.00114. The first kappa shape index (κ1) is 22.5. The molecule has 0 saturated carbocycles. The van der Waals surface area contributed by atoms with Gasteiger partial charge in [0.1, 0.15) is 6.29 Å². The average Bonchev–Trinajstić information content (AvgIpc) is 2.57. The minimum atomic E-state index is -1.52. The molecule has 1 aliphatic heterocycles. The molecular formula is C16H22O11. The van der Waals surface area contributed by atoms with E-state index in [9.17, 15) is 24.0 Å². The van der Waals surface area contributed by atoms with E-state index >= 15 is 0 Å². The second-order valence-electron chi connectivity index (χ2n) is 5.50. The predicted molar refractivity (Wildman–Crippen MR) is 84.0 cm³/mol. The summed E-state index contributed by atoms with van der Waals surface area (Å²) in [4.78, 5) is 57.1. The highest BCUT2D eigenvalue weighted by Crippen LogP contribution is 2.30. The number of rotatable bonds is 8. The highest BCUT2D eigenvalue weighted by Gasteiger charge is 2.55. The van der Waals surface area contributed by atoms with E-state index in [1.807, 2.05) is 0 Å². The number of hydrogen-bond acceptors (Lipinski definition) is 11. The summed E-state index contributed by atoms with van der Waals surface area (Å²) < 4.78 is 30.8. The van der Waals surface area contributed by atoms with E-state index in [2.05, 4.69) is 4.74 Å². The fourth-order valence-electron chi connectivity index (χ4n) is 2.45. The predicted octanol–water partition coefficient (Wildman–Crippen LogP) is -0.715. The SMILES string of the molecule is COC(=O)[C@H]1O[C@@H](OCCC=O)[C@H](OC(C)=O)C(OC(C)=O)[C@@H]1OC(C)=O. The molecule has 0 amide bonds. The number of methoxy groups -OCH3 is 1. The number of aldehydes is 1. The molecule has 27 heavy (non-hydrogen) atoms. The molecule has 0 aromatic heterocycles. The summed E-state index contributed by atoms with van der Waals surface area (Å²) in [5, 5.41) is 0. The molecule has 0 aromatic carbocycles. The van der Waals surface area contributed by atoms with Crippen molar-refractivity contribution in [1.82, 2.24) is 0 Å². The van der Waals surface area contributed by atoms with Gasteiger partial charge in [-0.05, 0) is 0 Å². The second kappa shape index (κ2) is 10.6. The zero-order valence-corrected chi connectivity index (χ0v) is 15.4. The van der Waals surface area contributed by atoms with Gasteiger partial charge in [-0.2, -0.15) is 0 Å². The molecule has 1 heterocycles. The van der Waals surface area contributed by atoms with Gasteiger partial charge in [0, 0.05) is 27.2 Å². The van der Waals surface area contributed by atoms with Crippen LogP contribution in [-0.4, -0.2) is 74.6 Å². The zero-order valence-electron chi connectivity index (χ0n) is 15.4. The molecule has 5 atom stereocenters. The molecule has 0 radical (unpaired) electrons. The van der Waals surface area contributed by atoms with Crippen molar-refractivity contribution in [2.24, 2.45) is 0 Å². The van der Waals surface area contributed by atoms with Crippen LogP contribution in [0.25, 0.3) is 0 Å². The molecule has 11 heteroatoms. The van der Waals surface area contributed by atoms with Crippen molar-refractivity contribution in [3.63, 3.8) is 0 Å². The number of carbonyl (C=O) groups is 5. The van der Waals surface area contributed by atoms with Crippen LogP contribution in [0.15, 0.2) is 0 Å². The summed E-state index contributed by atoms with van der Waals surface area (Å²) in [5.74, 6) is -3.27. The molecule has 0 aliphatic carbocycles. The maximum absolute atomic E-state index is 12.1. The van der Waals surface area contributed by atoms with Gasteiger partial charge in [0.25, 0.3) is 0 Å². The Kier molecular flexibility index (Phi) is 8.82. The first-order chi connectivity index (χ1) is 12.7. The number of ether oxygens (including phenoxy) is 6. The lowest BCUT2D eigenvalue weighted by atomic mass is 9.97. The van der Waals surface area contributed by atoms with Crippen molar-refractivity contribution in [2.75, 3.05) is 13.7 Å². The fraction of sp³-hybridized carbons (Fsp3) is 0.688. The Bertz CT molecular complexity index is 573. The third kappa shape index (κ3) is 6.61. The van der Waals surface area contributed by atoms with Crippen LogP contribution in [0, 0.1) is 0 Å². The van der Waals surface area contributed by atoms with Gasteiger partial charge in [-0.3, -0.25) is 14.4 Å². The van der Waals surface area contributed by atoms with Gasteiger partial charge in [0.15, 0.2) is 30.7 Å². The van der Waals surface area contributed by atoms with Gasteiger partial charge in [0.2, 0.25) is 0 Å². The third-order valence-electron chi connectivity index (χ3n) is 3.35. The summed E-state index contributed by atoms with van der Waals surface area (Å²) in [7, 11) is 1.08. The van der Waals surface area contributed by atoms with Crippen molar-refractivity contribution in [2.45, 2.75) is 57.9 Å². The molecule has 1 rings (SSSR count). The zero-order chi connectivity index (χ0) is 20.6. The van der Waals surface area contributed by atoms with Gasteiger partial charge in [-0.1, -0.05) is 0 Å². The summed E-state index contributed by atoms with van der Waals surface area (Å²) in [6, 6.07) is 0. The molecule has 11 nitrogen and oxygen atoms in total. The summed E-state index contributed by atoms with van der Waals surface area (Å²) in [6.07, 6.45) is -6.52. The molecule has 0 N–H and O–H groups in total. The summed E-state index contributed by atoms with van der Waals surface area (Å²) in [5.41, 5.74) is 0. The molecule has 1 fully saturated rings. The molecule has 1 unspecified atom stereocenters. The summed E-state index contributed by atoms with van der Waals surface area (Å²) >= 11 is 0. The maximum atomic E-state index is 12.1. The van der Waals surface area contributed by atoms with Crippen molar-refractivity contribution in [3.05, 3.63) is 0 Å². The van der Waals surface area contributed by atoms with E-state index in [4.69, 9.17) is 23.7 Å². The Balaban J connectivity index is 3.29. The van der Waals surface area contributed by atoms with Crippen LogP contribution in [0.4, 0.5) is 0 Å². The van der Waals surface area contributed by atoms with Crippen molar-refractivity contribution >= 4 is 30.2 Å². The average molecular weight is 390 g/mol. The monoisotopic (exact) mass is 390 g/mol. The summed E-state index contributed by atoms with van der Waals surface area (Å²) in [6.45, 7) is 3.14. The number of carbonyl (C=O) groups excluding carboxylic acids is 5. The lowest BCUT2D eigenvalue weighted by Gasteiger charge is -2.43. The van der Waals surface area contributed by atoms with Crippen LogP contribution >= 0.6 is 0 Å². The standard InChI is InChI=1S/C16H22O11/c1-8(18)24-11-12(25-9(2)19)14(26-10(3)20)16(23-7-5-6-17)27-13(11)15(21)22-4/h6,11-14,16H,5,7H2,1-4H3/t11-,12?,13-,14+,16+/m0/s1. The normalized spacial score (nSPS) is 27.2. The third-order valence-corrected chi connectivity index (χ3v) is 3.35. The lowest BCUT2D eigenvalue weighted by Crippen LogP contribution is -2.63. The molecule has 0 aromatic rings. The first-order valence-corrected chi connectivity index (χ1v) is 8.01. The molecule has 0 bridgehead atoms. The van der Waals surface area contributed by atoms with E-state index in [-0.39, 0.29) is 13.0 Å². The van der Waals surface area contributed by atoms with Crippen LogP contribution in [0.5, 0.6) is 0 Å². The quantitative estimate of drug-likeness (QED) is 0.224. The number of hydrogen-bond donors (Lipinski definition) is 0. The Morgan fingerprint density at radius 2 is 1.41 bits per heavy atom. The lowest BCUT2D eigenvalue weighted by molar-refractivity contribution is -0.301. The van der Waals surface area contributed by atoms with E-state index in [0.717, 1.165) is 27.9 Å². The van der Waals surface area contributed by atoms with E-state index in [0.29, 0.717) is 6.29 Å². The Morgan fingerprint density at radius 3 is 1.89 bits per heavy atom. The first-order valence-electron chi connectivity index (χ1n) is 8.01. The van der Waals surface area contributed by atoms with Gasteiger partial charge >= 0.3 is 23.9 Å². The smallest absolute Gasteiger partial charge is 0.339 e.